The Balaban J connectivity index is 0.000000158. The Morgan fingerprint density at radius 1 is 0.654 bits per heavy atom. The lowest BCUT2D eigenvalue weighted by Gasteiger charge is -2.54. The second kappa shape index (κ2) is 21.8. The second-order valence-electron chi connectivity index (χ2n) is 16.4. The van der Waals surface area contributed by atoms with Crippen LogP contribution in [0.1, 0.15) is 119 Å². The van der Waals surface area contributed by atoms with E-state index in [1.807, 2.05) is 36.4 Å². The minimum atomic E-state index is -0.407. The van der Waals surface area contributed by atoms with Gasteiger partial charge in [0.05, 0.1) is 0 Å². The summed E-state index contributed by atoms with van der Waals surface area (Å²) in [6.45, 7) is 12.1. The zero-order valence-corrected chi connectivity index (χ0v) is 33.7. The van der Waals surface area contributed by atoms with Crippen LogP contribution in [-0.2, 0) is 4.74 Å². The number of amides is 1. The normalized spacial score (nSPS) is 32.3. The molecule has 8 bridgehead atoms. The van der Waals surface area contributed by atoms with Gasteiger partial charge in [-0.1, -0.05) is 69.3 Å². The largest absolute Gasteiger partial charge is 0.381 e. The van der Waals surface area contributed by atoms with E-state index in [0.717, 1.165) is 66.1 Å². The summed E-state index contributed by atoms with van der Waals surface area (Å²) in [5, 5.41) is 2.93. The molecule has 9 fully saturated rings. The maximum absolute atomic E-state index is 12.3. The van der Waals surface area contributed by atoms with Gasteiger partial charge < -0.3 is 20.7 Å². The highest BCUT2D eigenvalue weighted by Crippen LogP contribution is 2.54. The Morgan fingerprint density at radius 3 is 1.35 bits per heavy atom. The van der Waals surface area contributed by atoms with Crippen molar-refractivity contribution in [3.63, 3.8) is 0 Å². The minimum Gasteiger partial charge on any atom is -0.381 e. The molecule has 0 radical (unpaired) electrons. The van der Waals surface area contributed by atoms with Crippen molar-refractivity contribution in [2.75, 3.05) is 32.8 Å². The van der Waals surface area contributed by atoms with Crippen LogP contribution in [0.4, 0.5) is 0 Å². The number of rotatable bonds is 6. The van der Waals surface area contributed by atoms with Gasteiger partial charge in [-0.15, -0.1) is 12.4 Å². The fourth-order valence-electron chi connectivity index (χ4n) is 10.7. The van der Waals surface area contributed by atoms with Gasteiger partial charge in [-0.05, 0) is 168 Å². The van der Waals surface area contributed by atoms with Crippen LogP contribution in [0.5, 0.6) is 0 Å². The molecule has 11 rings (SSSR count). The van der Waals surface area contributed by atoms with E-state index in [2.05, 4.69) is 31.0 Å². The molecule has 2 aromatic rings. The zero-order chi connectivity index (χ0) is 36.2. The van der Waals surface area contributed by atoms with Crippen molar-refractivity contribution in [2.45, 2.75) is 110 Å². The average molecular weight is 757 g/mol. The monoisotopic (exact) mass is 755 g/mol. The Morgan fingerprint density at radius 2 is 1.04 bits per heavy atom. The number of nitrogens with one attached hydrogen (secondary N) is 1. The molecule has 1 amide bonds. The molecular formula is C44H67Cl2N3O3. The van der Waals surface area contributed by atoms with E-state index in [1.165, 1.54) is 90.3 Å². The summed E-state index contributed by atoms with van der Waals surface area (Å²) in [6, 6.07) is 19.4. The molecule has 1 aliphatic heterocycles. The van der Waals surface area contributed by atoms with Gasteiger partial charge in [-0.25, -0.2) is 0 Å². The second-order valence-corrected chi connectivity index (χ2v) is 16.7. The van der Waals surface area contributed by atoms with Gasteiger partial charge in [-0.2, -0.15) is 0 Å². The van der Waals surface area contributed by atoms with Crippen LogP contribution in [0.2, 0.25) is 0 Å². The van der Waals surface area contributed by atoms with Gasteiger partial charge in [0.2, 0.25) is 0 Å². The number of carbonyl (C=O) groups is 2. The molecule has 0 unspecified atom stereocenters. The van der Waals surface area contributed by atoms with Crippen LogP contribution in [-0.4, -0.2) is 61.0 Å². The standard InChI is InChI=1S/C17H21NO.C10H17N.C7H5ClO.C6H15N.C4H8O.ClH/c19-17(13-4-2-1-3-5-13)18-16-14-7-11-6-12(9-14)10-15(16)8-11;11-10-8-2-6-1-7(4-8)5-9(10)3-6;8-7(9)6-4-2-1-3-5-6;1-4-7(5-2)6-3;1-2-4-5-3-1;/h1-5,11-12,14-16H,6-10H2,(H,18,19);6-10H,1-5,11H2;1-5H;4-6H2,1-3H3;1-4H2;1H. The van der Waals surface area contributed by atoms with Crippen LogP contribution in [0.15, 0.2) is 60.7 Å². The maximum Gasteiger partial charge on any atom is 0.252 e. The summed E-state index contributed by atoms with van der Waals surface area (Å²) >= 11 is 5.16. The third kappa shape index (κ3) is 12.3. The zero-order valence-electron chi connectivity index (χ0n) is 32.1. The average Bonchev–Trinajstić information content (AvgIpc) is 3.75. The fourth-order valence-corrected chi connectivity index (χ4v) is 10.8. The highest BCUT2D eigenvalue weighted by atomic mass is 35.5. The lowest BCUT2D eigenvalue weighted by Crippen LogP contribution is -2.55. The van der Waals surface area contributed by atoms with E-state index < -0.39 is 5.24 Å². The van der Waals surface area contributed by atoms with Crippen LogP contribution in [0, 0.1) is 47.3 Å². The highest BCUT2D eigenvalue weighted by Gasteiger charge is 2.49. The molecule has 2 aromatic carbocycles. The third-order valence-electron chi connectivity index (χ3n) is 13.0. The summed E-state index contributed by atoms with van der Waals surface area (Å²) in [4.78, 5) is 25.1. The van der Waals surface area contributed by atoms with Crippen LogP contribution in [0.25, 0.3) is 0 Å². The first kappa shape index (κ1) is 42.8. The Kier molecular flexibility index (Phi) is 17.9. The summed E-state index contributed by atoms with van der Waals surface area (Å²) in [5.41, 5.74) is 7.51. The van der Waals surface area contributed by atoms with Crippen LogP contribution >= 0.6 is 24.0 Å². The quantitative estimate of drug-likeness (QED) is 0.287. The third-order valence-corrected chi connectivity index (χ3v) is 13.2. The molecule has 1 saturated heterocycles. The van der Waals surface area contributed by atoms with Crippen molar-refractivity contribution >= 4 is 35.2 Å². The van der Waals surface area contributed by atoms with Crippen molar-refractivity contribution in [3.05, 3.63) is 71.8 Å². The molecule has 52 heavy (non-hydrogen) atoms. The number of nitrogens with two attached hydrogens (primary N) is 1. The maximum atomic E-state index is 12.3. The highest BCUT2D eigenvalue weighted by molar-refractivity contribution is 6.67. The molecule has 1 heterocycles. The molecule has 0 atom stereocenters. The molecule has 290 valence electrons. The molecule has 8 heteroatoms. The molecule has 9 aliphatic rings. The number of nitrogens with zero attached hydrogens (tertiary/aromatic N) is 1. The van der Waals surface area contributed by atoms with Crippen LogP contribution in [0.3, 0.4) is 0 Å². The molecule has 8 aliphatic carbocycles. The predicted molar refractivity (Wildman–Crippen MR) is 217 cm³/mol. The number of hydrogen-bond donors (Lipinski definition) is 2. The van der Waals surface area contributed by atoms with Crippen molar-refractivity contribution in [1.29, 1.82) is 0 Å². The van der Waals surface area contributed by atoms with Gasteiger partial charge in [0, 0.05) is 36.4 Å². The molecular weight excluding hydrogens is 689 g/mol. The van der Waals surface area contributed by atoms with Crippen LogP contribution < -0.4 is 11.1 Å². The predicted octanol–water partition coefficient (Wildman–Crippen LogP) is 9.64. The Bertz CT molecular complexity index is 1250. The minimum absolute atomic E-state index is 0. The molecule has 0 aromatic heterocycles. The van der Waals surface area contributed by atoms with Gasteiger partial charge in [0.25, 0.3) is 11.1 Å². The van der Waals surface area contributed by atoms with Gasteiger partial charge in [0.15, 0.2) is 0 Å². The molecule has 0 spiro atoms. The number of halogens is 2. The first-order valence-electron chi connectivity index (χ1n) is 20.4. The van der Waals surface area contributed by atoms with E-state index in [4.69, 9.17) is 22.1 Å². The van der Waals surface area contributed by atoms with Gasteiger partial charge >= 0.3 is 0 Å². The molecule has 3 N–H and O–H groups in total. The number of ether oxygens (including phenoxy) is 1. The SMILES string of the molecule is C1CCOC1.CCN(CC)CC.Cl.NC1C2CC3CC(C2)CC1C3.O=C(Cl)c1ccccc1.O=C(NC1C2CC3CC(C2)CC1C3)c1ccccc1. The fraction of sp³-hybridized carbons (Fsp3) is 0.682. The van der Waals surface area contributed by atoms with Crippen molar-refractivity contribution in [1.82, 2.24) is 10.2 Å². The van der Waals surface area contributed by atoms with E-state index in [0.29, 0.717) is 17.6 Å². The summed E-state index contributed by atoms with van der Waals surface area (Å²) in [7, 11) is 0. The summed E-state index contributed by atoms with van der Waals surface area (Å²) in [5.74, 6) is 7.57. The topological polar surface area (TPSA) is 84.7 Å². The Labute approximate surface area is 326 Å². The van der Waals surface area contributed by atoms with Crippen molar-refractivity contribution < 1.29 is 14.3 Å². The molecule has 6 nitrogen and oxygen atoms in total. The molecule has 8 saturated carbocycles. The number of benzene rings is 2. The van der Waals surface area contributed by atoms with E-state index in [1.54, 1.807) is 30.7 Å². The van der Waals surface area contributed by atoms with E-state index in [9.17, 15) is 9.59 Å². The smallest absolute Gasteiger partial charge is 0.252 e. The Hall–Kier alpha value is -1.96. The van der Waals surface area contributed by atoms with E-state index >= 15 is 0 Å². The lowest BCUT2D eigenvalue weighted by molar-refractivity contribution is -0.0119. The lowest BCUT2D eigenvalue weighted by atomic mass is 9.54. The number of hydrogen-bond acceptors (Lipinski definition) is 5. The first-order chi connectivity index (χ1) is 24.8. The van der Waals surface area contributed by atoms with E-state index in [-0.39, 0.29) is 18.3 Å². The summed E-state index contributed by atoms with van der Waals surface area (Å²) < 4.78 is 4.94. The number of carbonyl (C=O) groups excluding carboxylic acids is 2. The first-order valence-corrected chi connectivity index (χ1v) is 20.8. The van der Waals surface area contributed by atoms with Crippen molar-refractivity contribution in [2.24, 2.45) is 53.1 Å². The van der Waals surface area contributed by atoms with Gasteiger partial charge in [0.1, 0.15) is 0 Å². The summed E-state index contributed by atoms with van der Waals surface area (Å²) in [6.07, 6.45) is 16.8. The van der Waals surface area contributed by atoms with Gasteiger partial charge in [-0.3, -0.25) is 9.59 Å². The van der Waals surface area contributed by atoms with Crippen molar-refractivity contribution in [3.8, 4) is 0 Å².